The van der Waals surface area contributed by atoms with Gasteiger partial charge in [0.2, 0.25) is 0 Å². The van der Waals surface area contributed by atoms with Crippen molar-refractivity contribution in [3.05, 3.63) is 42.7 Å². The predicted octanol–water partition coefficient (Wildman–Crippen LogP) is 3.86. The van der Waals surface area contributed by atoms with E-state index in [9.17, 15) is 0 Å². The molecule has 0 amide bonds. The standard InChI is InChI=1S/C16H21N3/c1-2-5-14(6-3-1)13-17-15-7-9-16(10-8-15)19-12-4-11-18-19/h4,7-12,14,17H,1-3,5-6,13H2. The van der Waals surface area contributed by atoms with Crippen LogP contribution in [0.2, 0.25) is 0 Å². The molecular weight excluding hydrogens is 234 g/mol. The SMILES string of the molecule is c1cnn(-c2ccc(NCC3CCCCC3)cc2)c1. The Kier molecular flexibility index (Phi) is 3.82. The van der Waals surface area contributed by atoms with E-state index in [-0.39, 0.29) is 0 Å². The Morgan fingerprint density at radius 2 is 1.89 bits per heavy atom. The van der Waals surface area contributed by atoms with Gasteiger partial charge in [-0.05, 0) is 49.1 Å². The summed E-state index contributed by atoms with van der Waals surface area (Å²) in [4.78, 5) is 0. The zero-order valence-corrected chi connectivity index (χ0v) is 11.3. The molecule has 0 bridgehead atoms. The summed E-state index contributed by atoms with van der Waals surface area (Å²) < 4.78 is 1.88. The summed E-state index contributed by atoms with van der Waals surface area (Å²) in [5.41, 5.74) is 2.31. The van der Waals surface area contributed by atoms with E-state index >= 15 is 0 Å². The maximum atomic E-state index is 4.23. The number of nitrogens with one attached hydrogen (secondary N) is 1. The molecule has 0 radical (unpaired) electrons. The van der Waals surface area contributed by atoms with Crippen molar-refractivity contribution in [1.82, 2.24) is 9.78 Å². The van der Waals surface area contributed by atoms with Gasteiger partial charge in [0.15, 0.2) is 0 Å². The van der Waals surface area contributed by atoms with Crippen LogP contribution in [0.5, 0.6) is 0 Å². The Labute approximate surface area is 114 Å². The van der Waals surface area contributed by atoms with E-state index < -0.39 is 0 Å². The van der Waals surface area contributed by atoms with Gasteiger partial charge in [0.1, 0.15) is 0 Å². The molecule has 0 unspecified atom stereocenters. The molecule has 3 nitrogen and oxygen atoms in total. The van der Waals surface area contributed by atoms with Crippen LogP contribution in [0.4, 0.5) is 5.69 Å². The maximum absolute atomic E-state index is 4.23. The van der Waals surface area contributed by atoms with Crippen molar-refractivity contribution < 1.29 is 0 Å². The van der Waals surface area contributed by atoms with Crippen molar-refractivity contribution in [3.63, 3.8) is 0 Å². The highest BCUT2D eigenvalue weighted by atomic mass is 15.3. The van der Waals surface area contributed by atoms with Crippen LogP contribution in [0.1, 0.15) is 32.1 Å². The molecular formula is C16H21N3. The molecule has 3 rings (SSSR count). The molecule has 0 aliphatic heterocycles. The molecule has 0 spiro atoms. The summed E-state index contributed by atoms with van der Waals surface area (Å²) >= 11 is 0. The van der Waals surface area contributed by atoms with E-state index in [1.54, 1.807) is 6.20 Å². The molecule has 1 N–H and O–H groups in total. The summed E-state index contributed by atoms with van der Waals surface area (Å²) in [5, 5.41) is 7.79. The second-order valence-electron chi connectivity index (χ2n) is 5.38. The molecule has 1 aromatic heterocycles. The highest BCUT2D eigenvalue weighted by molar-refractivity contribution is 5.48. The van der Waals surface area contributed by atoms with Gasteiger partial charge in [-0.1, -0.05) is 19.3 Å². The Bertz CT molecular complexity index is 481. The number of nitrogens with zero attached hydrogens (tertiary/aromatic N) is 2. The first-order chi connectivity index (χ1) is 9.42. The van der Waals surface area contributed by atoms with Crippen molar-refractivity contribution >= 4 is 5.69 Å². The molecule has 1 fully saturated rings. The Morgan fingerprint density at radius 1 is 1.11 bits per heavy atom. The van der Waals surface area contributed by atoms with Crippen LogP contribution >= 0.6 is 0 Å². The van der Waals surface area contributed by atoms with E-state index in [1.807, 2.05) is 16.9 Å². The van der Waals surface area contributed by atoms with Crippen LogP contribution in [0.25, 0.3) is 5.69 Å². The van der Waals surface area contributed by atoms with Crippen LogP contribution in [0.15, 0.2) is 42.7 Å². The average Bonchev–Trinajstić information content (AvgIpc) is 3.01. The van der Waals surface area contributed by atoms with Crippen LogP contribution in [0, 0.1) is 5.92 Å². The molecule has 0 atom stereocenters. The minimum absolute atomic E-state index is 0.861. The number of hydrogen-bond acceptors (Lipinski definition) is 2. The van der Waals surface area contributed by atoms with Crippen molar-refractivity contribution in [2.75, 3.05) is 11.9 Å². The Hall–Kier alpha value is -1.77. The predicted molar refractivity (Wildman–Crippen MR) is 78.6 cm³/mol. The van der Waals surface area contributed by atoms with Gasteiger partial charge in [-0.15, -0.1) is 0 Å². The number of hydrogen-bond donors (Lipinski definition) is 1. The molecule has 1 aromatic carbocycles. The fraction of sp³-hybridized carbons (Fsp3) is 0.438. The lowest BCUT2D eigenvalue weighted by atomic mass is 9.89. The lowest BCUT2D eigenvalue weighted by molar-refractivity contribution is 0.373. The quantitative estimate of drug-likeness (QED) is 0.899. The summed E-state index contributed by atoms with van der Waals surface area (Å²) in [7, 11) is 0. The summed E-state index contributed by atoms with van der Waals surface area (Å²) in [6.07, 6.45) is 10.8. The molecule has 19 heavy (non-hydrogen) atoms. The van der Waals surface area contributed by atoms with E-state index in [0.29, 0.717) is 0 Å². The van der Waals surface area contributed by atoms with Gasteiger partial charge in [0, 0.05) is 24.6 Å². The van der Waals surface area contributed by atoms with Crippen molar-refractivity contribution in [1.29, 1.82) is 0 Å². The first-order valence-electron chi connectivity index (χ1n) is 7.26. The molecule has 100 valence electrons. The molecule has 1 heterocycles. The first kappa shape index (κ1) is 12.3. The van der Waals surface area contributed by atoms with E-state index in [0.717, 1.165) is 18.2 Å². The highest BCUT2D eigenvalue weighted by Crippen LogP contribution is 2.24. The first-order valence-corrected chi connectivity index (χ1v) is 7.26. The highest BCUT2D eigenvalue weighted by Gasteiger charge is 2.12. The number of anilines is 1. The third-order valence-electron chi connectivity index (χ3n) is 3.96. The van der Waals surface area contributed by atoms with E-state index in [4.69, 9.17) is 0 Å². The topological polar surface area (TPSA) is 29.9 Å². The van der Waals surface area contributed by atoms with Gasteiger partial charge in [0.05, 0.1) is 5.69 Å². The normalized spacial score (nSPS) is 16.4. The maximum Gasteiger partial charge on any atom is 0.0647 e. The molecule has 1 aliphatic carbocycles. The van der Waals surface area contributed by atoms with Crippen LogP contribution in [0.3, 0.4) is 0 Å². The third kappa shape index (κ3) is 3.16. The lowest BCUT2D eigenvalue weighted by Gasteiger charge is -2.22. The molecule has 1 saturated carbocycles. The van der Waals surface area contributed by atoms with Gasteiger partial charge in [-0.2, -0.15) is 5.10 Å². The molecule has 3 heteroatoms. The zero-order chi connectivity index (χ0) is 12.9. The Morgan fingerprint density at radius 3 is 2.58 bits per heavy atom. The van der Waals surface area contributed by atoms with Gasteiger partial charge >= 0.3 is 0 Å². The smallest absolute Gasteiger partial charge is 0.0647 e. The van der Waals surface area contributed by atoms with Gasteiger partial charge in [-0.25, -0.2) is 4.68 Å². The van der Waals surface area contributed by atoms with Crippen LogP contribution in [-0.4, -0.2) is 16.3 Å². The van der Waals surface area contributed by atoms with Crippen LogP contribution in [-0.2, 0) is 0 Å². The van der Waals surface area contributed by atoms with Gasteiger partial charge < -0.3 is 5.32 Å². The van der Waals surface area contributed by atoms with E-state index in [2.05, 4.69) is 34.7 Å². The second kappa shape index (κ2) is 5.91. The van der Waals surface area contributed by atoms with Gasteiger partial charge in [-0.3, -0.25) is 0 Å². The number of benzene rings is 1. The summed E-state index contributed by atoms with van der Waals surface area (Å²) in [6, 6.07) is 10.4. The lowest BCUT2D eigenvalue weighted by Crippen LogP contribution is -2.17. The number of aromatic nitrogens is 2. The summed E-state index contributed by atoms with van der Waals surface area (Å²) in [6.45, 7) is 1.11. The molecule has 0 saturated heterocycles. The minimum atomic E-state index is 0.861. The average molecular weight is 255 g/mol. The fourth-order valence-electron chi connectivity index (χ4n) is 2.81. The largest absolute Gasteiger partial charge is 0.385 e. The minimum Gasteiger partial charge on any atom is -0.385 e. The van der Waals surface area contributed by atoms with Crippen LogP contribution < -0.4 is 5.32 Å². The monoisotopic (exact) mass is 255 g/mol. The van der Waals surface area contributed by atoms with Gasteiger partial charge in [0.25, 0.3) is 0 Å². The number of rotatable bonds is 4. The van der Waals surface area contributed by atoms with Crippen molar-refractivity contribution in [2.24, 2.45) is 5.92 Å². The fourth-order valence-corrected chi connectivity index (χ4v) is 2.81. The Balaban J connectivity index is 1.57. The van der Waals surface area contributed by atoms with Crippen molar-refractivity contribution in [2.45, 2.75) is 32.1 Å². The van der Waals surface area contributed by atoms with E-state index in [1.165, 1.54) is 37.8 Å². The second-order valence-corrected chi connectivity index (χ2v) is 5.38. The third-order valence-corrected chi connectivity index (χ3v) is 3.96. The molecule has 2 aromatic rings. The zero-order valence-electron chi connectivity index (χ0n) is 11.3. The van der Waals surface area contributed by atoms with Crippen molar-refractivity contribution in [3.8, 4) is 5.69 Å². The molecule has 1 aliphatic rings. The summed E-state index contributed by atoms with van der Waals surface area (Å²) in [5.74, 6) is 0.861.